The van der Waals surface area contributed by atoms with Crippen LogP contribution in [0.15, 0.2) is 51.7 Å². The van der Waals surface area contributed by atoms with Crippen LogP contribution in [-0.4, -0.2) is 0 Å². The molecule has 3 aromatic rings. The van der Waals surface area contributed by atoms with Crippen LogP contribution in [0.5, 0.6) is 0 Å². The van der Waals surface area contributed by atoms with Gasteiger partial charge in [0.15, 0.2) is 0 Å². The lowest BCUT2D eigenvalue weighted by molar-refractivity contribution is 0.561. The second-order valence-corrected chi connectivity index (χ2v) is 3.64. The minimum absolute atomic E-state index is 0.301. The molecule has 0 unspecified atom stereocenters. The second kappa shape index (κ2) is 3.17. The summed E-state index contributed by atoms with van der Waals surface area (Å²) < 4.78 is 18.1. The van der Waals surface area contributed by atoms with Crippen LogP contribution < -0.4 is 5.63 Å². The van der Waals surface area contributed by atoms with Crippen molar-refractivity contribution in [2.24, 2.45) is 0 Å². The summed E-state index contributed by atoms with van der Waals surface area (Å²) in [7, 11) is 0. The van der Waals surface area contributed by atoms with Crippen LogP contribution in [-0.2, 0) is 0 Å². The molecular weight excluding hydrogens is 207 g/mol. The monoisotopic (exact) mass is 214 g/mol. The predicted molar refractivity (Wildman–Crippen MR) is 59.9 cm³/mol. The van der Waals surface area contributed by atoms with E-state index < -0.39 is 5.63 Å². The van der Waals surface area contributed by atoms with Crippen LogP contribution >= 0.6 is 0 Å². The van der Waals surface area contributed by atoms with Crippen molar-refractivity contribution >= 4 is 21.7 Å². The number of fused-ring (bicyclic) bond motifs is 2. The molecule has 3 rings (SSSR count). The average Bonchev–Trinajstić information content (AvgIpc) is 2.26. The molecule has 2 aromatic carbocycles. The number of hydrogen-bond acceptors (Lipinski definition) is 2. The Morgan fingerprint density at radius 1 is 0.875 bits per heavy atom. The summed E-state index contributed by atoms with van der Waals surface area (Å²) in [6.07, 6.45) is 0. The fourth-order valence-corrected chi connectivity index (χ4v) is 1.78. The van der Waals surface area contributed by atoms with E-state index in [2.05, 4.69) is 0 Å². The molecule has 0 amide bonds. The normalized spacial score (nSPS) is 11.1. The molecule has 0 saturated heterocycles. The Balaban J connectivity index is 2.49. The van der Waals surface area contributed by atoms with Gasteiger partial charge in [-0.2, -0.15) is 0 Å². The maximum absolute atomic E-state index is 13.0. The van der Waals surface area contributed by atoms with E-state index >= 15 is 0 Å². The summed E-state index contributed by atoms with van der Waals surface area (Å²) in [5.41, 5.74) is 0.0776. The van der Waals surface area contributed by atoms with Crippen molar-refractivity contribution in [1.82, 2.24) is 0 Å². The standard InChI is InChI=1S/C13H7FO2/c14-11-3-1-8-5-9-2-4-13(15)16-12(9)7-10(8)6-11/h1-7H. The molecule has 16 heavy (non-hydrogen) atoms. The third-order valence-corrected chi connectivity index (χ3v) is 2.54. The van der Waals surface area contributed by atoms with Crippen molar-refractivity contribution in [3.63, 3.8) is 0 Å². The fourth-order valence-electron chi connectivity index (χ4n) is 1.78. The zero-order valence-electron chi connectivity index (χ0n) is 8.24. The van der Waals surface area contributed by atoms with Gasteiger partial charge in [0.1, 0.15) is 11.4 Å². The first-order valence-corrected chi connectivity index (χ1v) is 4.85. The lowest BCUT2D eigenvalue weighted by Gasteiger charge is -2.00. The Morgan fingerprint density at radius 3 is 2.56 bits per heavy atom. The highest BCUT2D eigenvalue weighted by Gasteiger charge is 2.01. The third kappa shape index (κ3) is 1.37. The van der Waals surface area contributed by atoms with Gasteiger partial charge in [0.25, 0.3) is 0 Å². The van der Waals surface area contributed by atoms with E-state index in [0.29, 0.717) is 5.58 Å². The van der Waals surface area contributed by atoms with Crippen LogP contribution in [0.3, 0.4) is 0 Å². The molecule has 0 spiro atoms. The molecule has 0 saturated carbocycles. The Morgan fingerprint density at radius 2 is 1.69 bits per heavy atom. The Hall–Kier alpha value is -2.16. The van der Waals surface area contributed by atoms with E-state index in [4.69, 9.17) is 4.42 Å². The Kier molecular flexibility index (Phi) is 1.80. The lowest BCUT2D eigenvalue weighted by Crippen LogP contribution is -1.94. The first kappa shape index (κ1) is 9.09. The molecule has 3 heteroatoms. The van der Waals surface area contributed by atoms with Crippen molar-refractivity contribution in [1.29, 1.82) is 0 Å². The van der Waals surface area contributed by atoms with E-state index in [9.17, 15) is 9.18 Å². The molecule has 0 aliphatic rings. The zero-order valence-corrected chi connectivity index (χ0v) is 8.24. The van der Waals surface area contributed by atoms with E-state index in [1.54, 1.807) is 18.2 Å². The summed E-state index contributed by atoms with van der Waals surface area (Å²) in [6, 6.07) is 11.1. The van der Waals surface area contributed by atoms with Gasteiger partial charge < -0.3 is 4.42 Å². The van der Waals surface area contributed by atoms with Gasteiger partial charge in [0.05, 0.1) is 0 Å². The van der Waals surface area contributed by atoms with Crippen molar-refractivity contribution in [3.05, 3.63) is 58.7 Å². The van der Waals surface area contributed by atoms with Crippen molar-refractivity contribution in [3.8, 4) is 0 Å². The van der Waals surface area contributed by atoms with E-state index in [-0.39, 0.29) is 5.82 Å². The second-order valence-electron chi connectivity index (χ2n) is 3.64. The van der Waals surface area contributed by atoms with Gasteiger partial charge in [0, 0.05) is 11.5 Å². The highest BCUT2D eigenvalue weighted by atomic mass is 19.1. The maximum Gasteiger partial charge on any atom is 0.336 e. The quantitative estimate of drug-likeness (QED) is 0.425. The van der Waals surface area contributed by atoms with Gasteiger partial charge in [-0.15, -0.1) is 0 Å². The molecule has 0 bridgehead atoms. The number of benzene rings is 2. The SMILES string of the molecule is O=c1ccc2cc3ccc(F)cc3cc2o1. The predicted octanol–water partition coefficient (Wildman–Crippen LogP) is 3.09. The van der Waals surface area contributed by atoms with Gasteiger partial charge >= 0.3 is 5.63 Å². The van der Waals surface area contributed by atoms with Gasteiger partial charge in [-0.3, -0.25) is 0 Å². The van der Waals surface area contributed by atoms with Crippen LogP contribution in [0.2, 0.25) is 0 Å². The van der Waals surface area contributed by atoms with Crippen LogP contribution in [0, 0.1) is 5.82 Å². The minimum Gasteiger partial charge on any atom is -0.423 e. The Labute approximate surface area is 89.9 Å². The molecule has 2 nitrogen and oxygen atoms in total. The first-order valence-electron chi connectivity index (χ1n) is 4.85. The zero-order chi connectivity index (χ0) is 11.1. The molecular formula is C13H7FO2. The topological polar surface area (TPSA) is 30.2 Å². The molecule has 0 aliphatic carbocycles. The first-order chi connectivity index (χ1) is 7.72. The van der Waals surface area contributed by atoms with Crippen LogP contribution in [0.25, 0.3) is 21.7 Å². The summed E-state index contributed by atoms with van der Waals surface area (Å²) in [4.78, 5) is 11.0. The number of hydrogen-bond donors (Lipinski definition) is 0. The van der Waals surface area contributed by atoms with Gasteiger partial charge in [-0.25, -0.2) is 9.18 Å². The summed E-state index contributed by atoms with van der Waals surface area (Å²) in [6.45, 7) is 0. The largest absolute Gasteiger partial charge is 0.423 e. The summed E-state index contributed by atoms with van der Waals surface area (Å²) in [5, 5.41) is 2.48. The summed E-state index contributed by atoms with van der Waals surface area (Å²) in [5.74, 6) is -0.301. The molecule has 0 aliphatic heterocycles. The average molecular weight is 214 g/mol. The van der Waals surface area contributed by atoms with E-state index in [1.165, 1.54) is 18.2 Å². The van der Waals surface area contributed by atoms with Crippen LogP contribution in [0.4, 0.5) is 4.39 Å². The molecule has 78 valence electrons. The Bertz CT molecular complexity index is 744. The molecule has 0 radical (unpaired) electrons. The third-order valence-electron chi connectivity index (χ3n) is 2.54. The smallest absolute Gasteiger partial charge is 0.336 e. The lowest BCUT2D eigenvalue weighted by atomic mass is 10.1. The molecule has 0 atom stereocenters. The highest BCUT2D eigenvalue weighted by molar-refractivity contribution is 5.95. The summed E-state index contributed by atoms with van der Waals surface area (Å²) >= 11 is 0. The molecule has 1 aromatic heterocycles. The van der Waals surface area contributed by atoms with Gasteiger partial charge in [-0.1, -0.05) is 6.07 Å². The highest BCUT2D eigenvalue weighted by Crippen LogP contribution is 2.22. The number of halogens is 1. The van der Waals surface area contributed by atoms with E-state index in [0.717, 1.165) is 16.2 Å². The van der Waals surface area contributed by atoms with E-state index in [1.807, 2.05) is 6.07 Å². The van der Waals surface area contributed by atoms with Crippen molar-refractivity contribution < 1.29 is 8.81 Å². The van der Waals surface area contributed by atoms with Gasteiger partial charge in [0.2, 0.25) is 0 Å². The number of rotatable bonds is 0. The van der Waals surface area contributed by atoms with Crippen LogP contribution in [0.1, 0.15) is 0 Å². The molecule has 0 N–H and O–H groups in total. The van der Waals surface area contributed by atoms with Crippen molar-refractivity contribution in [2.45, 2.75) is 0 Å². The van der Waals surface area contributed by atoms with Gasteiger partial charge in [-0.05, 0) is 41.1 Å². The fraction of sp³-hybridized carbons (Fsp3) is 0. The minimum atomic E-state index is -0.400. The molecule has 0 fully saturated rings. The van der Waals surface area contributed by atoms with Crippen molar-refractivity contribution in [2.75, 3.05) is 0 Å². The maximum atomic E-state index is 13.0. The molecule has 1 heterocycles.